The molecule has 2 aromatic rings. The molecule has 0 atom stereocenters. The number of rotatable bonds is 11. The molecule has 12 nitrogen and oxygen atoms in total. The van der Waals surface area contributed by atoms with Gasteiger partial charge in [0.05, 0.1) is 36.0 Å². The van der Waals surface area contributed by atoms with Gasteiger partial charge in [-0.25, -0.2) is 9.59 Å². The maximum absolute atomic E-state index is 13.2. The second kappa shape index (κ2) is 14.3. The molecule has 14 heteroatoms. The number of hydrogen-bond donors (Lipinski definition) is 2. The predicted octanol–water partition coefficient (Wildman–Crippen LogP) is 4.12. The van der Waals surface area contributed by atoms with Crippen molar-refractivity contribution in [2.24, 2.45) is 11.8 Å². The first kappa shape index (κ1) is 33.7. The highest BCUT2D eigenvalue weighted by Crippen LogP contribution is 2.41. The summed E-state index contributed by atoms with van der Waals surface area (Å²) < 4.78 is 11.7. The Kier molecular flexibility index (Phi) is 10.9. The molecule has 0 bridgehead atoms. The second-order valence-corrected chi connectivity index (χ2v) is 14.6. The van der Waals surface area contributed by atoms with Crippen LogP contribution in [0, 0.1) is 32.1 Å². The molecular formula is C30H40N4O8S2+2. The Morgan fingerprint density at radius 2 is 1.05 bits per heavy atom. The van der Waals surface area contributed by atoms with Crippen LogP contribution in [0.25, 0.3) is 0 Å². The number of carbonyl (C=O) groups excluding carboxylic acids is 2. The van der Waals surface area contributed by atoms with E-state index in [1.165, 1.54) is 58.0 Å². The van der Waals surface area contributed by atoms with E-state index in [1.54, 1.807) is 0 Å². The number of nitro groups is 2. The van der Waals surface area contributed by atoms with Gasteiger partial charge >= 0.3 is 11.9 Å². The van der Waals surface area contributed by atoms with Crippen LogP contribution >= 0.6 is 21.6 Å². The zero-order valence-corrected chi connectivity index (χ0v) is 27.0. The highest BCUT2D eigenvalue weighted by atomic mass is 33.1. The smallest absolute Gasteiger partial charge is 0.345 e. The number of benzene rings is 2. The zero-order valence-electron chi connectivity index (χ0n) is 25.4. The van der Waals surface area contributed by atoms with E-state index in [9.17, 15) is 29.8 Å². The third-order valence-corrected chi connectivity index (χ3v) is 10.9. The summed E-state index contributed by atoms with van der Waals surface area (Å²) in [5, 5.41) is 27.9. The van der Waals surface area contributed by atoms with Gasteiger partial charge in [0.2, 0.25) is 0 Å². The third kappa shape index (κ3) is 8.29. The molecule has 2 saturated heterocycles. The number of nitro benzene ring substituents is 2. The fourth-order valence-corrected chi connectivity index (χ4v) is 7.84. The minimum Gasteiger partial charge on any atom is -0.456 e. The maximum atomic E-state index is 13.2. The Hall–Kier alpha value is -3.20. The standard InChI is InChI=1S/C30H38N4O8S2/c1-29(2,19-9-13-31-14-10-19)41-27(35)23-17-21(5-7-25(23)33(37)38)43-44-22-6-8-26(34(39)40)24(18-22)28(36)42-30(3,4)20-11-15-32-16-12-20/h5-8,17-20,31-32H,9-16H2,1-4H3/p+2. The second-order valence-electron chi connectivity index (χ2n) is 12.3. The molecular weight excluding hydrogens is 608 g/mol. The van der Waals surface area contributed by atoms with Gasteiger partial charge in [0.15, 0.2) is 0 Å². The van der Waals surface area contributed by atoms with Gasteiger partial charge in [-0.1, -0.05) is 21.6 Å². The van der Waals surface area contributed by atoms with E-state index in [2.05, 4.69) is 10.6 Å². The summed E-state index contributed by atoms with van der Waals surface area (Å²) in [7, 11) is 2.40. The van der Waals surface area contributed by atoms with Crippen molar-refractivity contribution in [1.29, 1.82) is 0 Å². The molecule has 0 saturated carbocycles. The van der Waals surface area contributed by atoms with Crippen molar-refractivity contribution in [3.8, 4) is 0 Å². The number of ether oxygens (including phenoxy) is 2. The Morgan fingerprint density at radius 3 is 1.36 bits per heavy atom. The van der Waals surface area contributed by atoms with Crippen LogP contribution in [0.1, 0.15) is 74.1 Å². The minimum atomic E-state index is -0.787. The molecule has 44 heavy (non-hydrogen) atoms. The van der Waals surface area contributed by atoms with Gasteiger partial charge in [-0.3, -0.25) is 20.2 Å². The van der Waals surface area contributed by atoms with Crippen LogP contribution in [0.3, 0.4) is 0 Å². The van der Waals surface area contributed by atoms with Gasteiger partial charge in [0, 0.05) is 59.4 Å². The molecule has 0 unspecified atom stereocenters. The highest BCUT2D eigenvalue weighted by Gasteiger charge is 2.38. The molecule has 2 aromatic carbocycles. The summed E-state index contributed by atoms with van der Waals surface area (Å²) in [6.45, 7) is 11.1. The van der Waals surface area contributed by atoms with E-state index >= 15 is 0 Å². The Bertz CT molecular complexity index is 1300. The van der Waals surface area contributed by atoms with Crippen LogP contribution in [-0.4, -0.2) is 59.2 Å². The van der Waals surface area contributed by atoms with Gasteiger partial charge in [0.25, 0.3) is 11.4 Å². The van der Waals surface area contributed by atoms with Gasteiger partial charge in [0.1, 0.15) is 22.3 Å². The minimum absolute atomic E-state index is 0.147. The van der Waals surface area contributed by atoms with Crippen molar-refractivity contribution in [2.75, 3.05) is 26.2 Å². The Balaban J connectivity index is 1.51. The monoisotopic (exact) mass is 648 g/mol. The van der Waals surface area contributed by atoms with Crippen molar-refractivity contribution < 1.29 is 39.5 Å². The van der Waals surface area contributed by atoms with E-state index in [4.69, 9.17) is 9.47 Å². The molecule has 0 radical (unpaired) electrons. The van der Waals surface area contributed by atoms with E-state index in [0.717, 1.165) is 51.9 Å². The molecule has 0 aliphatic carbocycles. The van der Waals surface area contributed by atoms with E-state index in [1.807, 2.05) is 27.7 Å². The molecule has 2 aliphatic heterocycles. The summed E-state index contributed by atoms with van der Waals surface area (Å²) >= 11 is 0. The lowest BCUT2D eigenvalue weighted by Gasteiger charge is -2.35. The van der Waals surface area contributed by atoms with Crippen molar-refractivity contribution in [2.45, 2.75) is 74.4 Å². The number of quaternary nitrogens is 2. The molecule has 4 rings (SSSR count). The average molecular weight is 649 g/mol. The van der Waals surface area contributed by atoms with Gasteiger partial charge in [-0.05, 0) is 52.0 Å². The summed E-state index contributed by atoms with van der Waals surface area (Å²) in [4.78, 5) is 49.8. The van der Waals surface area contributed by atoms with Crippen LogP contribution in [0.2, 0.25) is 0 Å². The highest BCUT2D eigenvalue weighted by molar-refractivity contribution is 8.76. The van der Waals surface area contributed by atoms with Crippen molar-refractivity contribution in [1.82, 2.24) is 0 Å². The fraction of sp³-hybridized carbons (Fsp3) is 0.533. The average Bonchev–Trinajstić information content (AvgIpc) is 3.00. The van der Waals surface area contributed by atoms with Crippen LogP contribution < -0.4 is 10.6 Å². The number of hydrogen-bond acceptors (Lipinski definition) is 10. The van der Waals surface area contributed by atoms with Crippen LogP contribution in [0.5, 0.6) is 0 Å². The molecule has 0 amide bonds. The first-order valence-corrected chi connectivity index (χ1v) is 16.9. The van der Waals surface area contributed by atoms with Crippen LogP contribution in [-0.2, 0) is 9.47 Å². The maximum Gasteiger partial charge on any atom is 0.345 e. The lowest BCUT2D eigenvalue weighted by atomic mass is 9.83. The van der Waals surface area contributed by atoms with Crippen LogP contribution in [0.15, 0.2) is 46.2 Å². The van der Waals surface area contributed by atoms with Gasteiger partial charge < -0.3 is 20.1 Å². The Morgan fingerprint density at radius 1 is 0.705 bits per heavy atom. The molecule has 0 spiro atoms. The first-order valence-electron chi connectivity index (χ1n) is 14.8. The number of nitrogens with zero attached hydrogens (tertiary/aromatic N) is 2. The summed E-state index contributed by atoms with van der Waals surface area (Å²) in [5.41, 5.74) is -2.57. The third-order valence-electron chi connectivity index (χ3n) is 8.56. The number of esters is 2. The fourth-order valence-electron chi connectivity index (χ4n) is 5.87. The molecule has 2 aliphatic rings. The molecule has 238 valence electrons. The van der Waals surface area contributed by atoms with Crippen LogP contribution in [0.4, 0.5) is 11.4 Å². The number of nitrogens with two attached hydrogens (primary N) is 2. The molecule has 0 aromatic heterocycles. The summed E-state index contributed by atoms with van der Waals surface area (Å²) in [6, 6.07) is 8.44. The van der Waals surface area contributed by atoms with Gasteiger partial charge in [-0.15, -0.1) is 0 Å². The first-order chi connectivity index (χ1) is 20.8. The SMILES string of the molecule is CC(C)(OC(=O)c1cc(SSc2ccc([N+](=O)[O-])c(C(=O)OC(C)(C)C3CC[NH2+]CC3)c2)ccc1[N+](=O)[O-])C1CC[NH2+]CC1. The number of piperidine rings is 2. The molecule has 4 N–H and O–H groups in total. The Labute approximate surface area is 264 Å². The topological polar surface area (TPSA) is 172 Å². The summed E-state index contributed by atoms with van der Waals surface area (Å²) in [5.74, 6) is -1.22. The lowest BCUT2D eigenvalue weighted by molar-refractivity contribution is -0.666. The van der Waals surface area contributed by atoms with E-state index in [0.29, 0.717) is 9.79 Å². The normalized spacial score (nSPS) is 16.7. The molecule has 2 fully saturated rings. The molecule has 2 heterocycles. The van der Waals surface area contributed by atoms with Crippen molar-refractivity contribution in [3.63, 3.8) is 0 Å². The lowest BCUT2D eigenvalue weighted by Crippen LogP contribution is -2.86. The van der Waals surface area contributed by atoms with Gasteiger partial charge in [-0.2, -0.15) is 0 Å². The quantitative estimate of drug-likeness (QED) is 0.156. The largest absolute Gasteiger partial charge is 0.456 e. The van der Waals surface area contributed by atoms with Crippen molar-refractivity contribution in [3.05, 3.63) is 67.8 Å². The van der Waals surface area contributed by atoms with E-state index < -0.39 is 33.0 Å². The number of carbonyl (C=O) groups is 2. The summed E-state index contributed by atoms with van der Waals surface area (Å²) in [6.07, 6.45) is 3.54. The van der Waals surface area contributed by atoms with Crippen molar-refractivity contribution >= 4 is 44.9 Å². The zero-order chi connectivity index (χ0) is 32.1. The van der Waals surface area contributed by atoms with E-state index in [-0.39, 0.29) is 34.3 Å². The predicted molar refractivity (Wildman–Crippen MR) is 166 cm³/mol.